The number of likely N-dealkylation sites (tertiary alicyclic amines) is 2. The summed E-state index contributed by atoms with van der Waals surface area (Å²) in [6, 6.07) is 11.9. The first-order valence-corrected chi connectivity index (χ1v) is 10.1. The van der Waals surface area contributed by atoms with Crippen molar-refractivity contribution in [1.29, 1.82) is 0 Å². The summed E-state index contributed by atoms with van der Waals surface area (Å²) in [5.41, 5.74) is 1.42. The third-order valence-corrected chi connectivity index (χ3v) is 5.92. The van der Waals surface area contributed by atoms with E-state index in [1.165, 1.54) is 24.8 Å². The first kappa shape index (κ1) is 21.6. The second-order valence-electron chi connectivity index (χ2n) is 8.03. The lowest BCUT2D eigenvalue weighted by Gasteiger charge is -2.40. The highest BCUT2D eigenvalue weighted by Crippen LogP contribution is 2.36. The highest BCUT2D eigenvalue weighted by atomic mass is 19.4. The third-order valence-electron chi connectivity index (χ3n) is 5.92. The van der Waals surface area contributed by atoms with Crippen molar-refractivity contribution in [3.63, 3.8) is 0 Å². The van der Waals surface area contributed by atoms with Gasteiger partial charge in [0.2, 0.25) is 5.91 Å². The van der Waals surface area contributed by atoms with Gasteiger partial charge in [0.15, 0.2) is 0 Å². The van der Waals surface area contributed by atoms with Crippen LogP contribution in [0.15, 0.2) is 30.3 Å². The fourth-order valence-corrected chi connectivity index (χ4v) is 4.25. The van der Waals surface area contributed by atoms with Gasteiger partial charge in [-0.1, -0.05) is 30.3 Å². The Kier molecular flexibility index (Phi) is 6.82. The molecule has 0 bridgehead atoms. The molecule has 160 valence electrons. The van der Waals surface area contributed by atoms with Crippen LogP contribution in [0.3, 0.4) is 0 Å². The van der Waals surface area contributed by atoms with Gasteiger partial charge in [-0.3, -0.25) is 9.69 Å². The molecular formula is C21H27F3N2O3. The number of rotatable bonds is 5. The SMILES string of the molecule is O=C(O)C(F)(F)F.O=C1CC[C@H]2[C@H](CCN2CCc2ccccc2)N1CC1CC1. The molecule has 1 aromatic carbocycles. The summed E-state index contributed by atoms with van der Waals surface area (Å²) < 4.78 is 31.7. The van der Waals surface area contributed by atoms with Crippen molar-refractivity contribution in [2.45, 2.75) is 56.8 Å². The minimum absolute atomic E-state index is 0.415. The summed E-state index contributed by atoms with van der Waals surface area (Å²) in [5.74, 6) is -1.54. The van der Waals surface area contributed by atoms with Crippen molar-refractivity contribution in [1.82, 2.24) is 9.80 Å². The van der Waals surface area contributed by atoms with Gasteiger partial charge in [-0.15, -0.1) is 0 Å². The fourth-order valence-electron chi connectivity index (χ4n) is 4.25. The number of hydrogen-bond donors (Lipinski definition) is 1. The average Bonchev–Trinajstić information content (AvgIpc) is 3.40. The van der Waals surface area contributed by atoms with Gasteiger partial charge >= 0.3 is 12.1 Å². The molecule has 2 aliphatic heterocycles. The van der Waals surface area contributed by atoms with Crippen LogP contribution in [0.4, 0.5) is 13.2 Å². The van der Waals surface area contributed by atoms with Gasteiger partial charge in [0, 0.05) is 38.1 Å². The number of carboxylic acids is 1. The maximum atomic E-state index is 12.3. The molecule has 3 aliphatic rings. The third kappa shape index (κ3) is 5.95. The first-order chi connectivity index (χ1) is 13.8. The number of piperidine rings is 1. The Labute approximate surface area is 168 Å². The Morgan fingerprint density at radius 1 is 1.07 bits per heavy atom. The molecule has 0 unspecified atom stereocenters. The Bertz CT molecular complexity index is 707. The maximum absolute atomic E-state index is 12.3. The van der Waals surface area contributed by atoms with E-state index < -0.39 is 12.1 Å². The van der Waals surface area contributed by atoms with Gasteiger partial charge < -0.3 is 10.0 Å². The zero-order valence-corrected chi connectivity index (χ0v) is 16.3. The van der Waals surface area contributed by atoms with Crippen molar-refractivity contribution in [2.75, 3.05) is 19.6 Å². The van der Waals surface area contributed by atoms with E-state index in [0.717, 1.165) is 44.8 Å². The second-order valence-corrected chi connectivity index (χ2v) is 8.03. The van der Waals surface area contributed by atoms with E-state index in [2.05, 4.69) is 40.1 Å². The van der Waals surface area contributed by atoms with Crippen LogP contribution in [0.5, 0.6) is 0 Å². The molecule has 0 aromatic heterocycles. The van der Waals surface area contributed by atoms with Gasteiger partial charge in [-0.25, -0.2) is 4.79 Å². The van der Waals surface area contributed by atoms with Crippen molar-refractivity contribution in [2.24, 2.45) is 5.92 Å². The van der Waals surface area contributed by atoms with Crippen LogP contribution in [0.2, 0.25) is 0 Å². The van der Waals surface area contributed by atoms with E-state index in [9.17, 15) is 18.0 Å². The van der Waals surface area contributed by atoms with Gasteiger partial charge in [-0.2, -0.15) is 13.2 Å². The predicted octanol–water partition coefficient (Wildman–Crippen LogP) is 3.34. The molecular weight excluding hydrogens is 385 g/mol. The molecule has 29 heavy (non-hydrogen) atoms. The molecule has 2 saturated heterocycles. The number of aliphatic carboxylic acids is 1. The quantitative estimate of drug-likeness (QED) is 0.806. The molecule has 1 N–H and O–H groups in total. The molecule has 5 nitrogen and oxygen atoms in total. The highest BCUT2D eigenvalue weighted by Gasteiger charge is 2.44. The van der Waals surface area contributed by atoms with E-state index >= 15 is 0 Å². The molecule has 1 aliphatic carbocycles. The predicted molar refractivity (Wildman–Crippen MR) is 101 cm³/mol. The van der Waals surface area contributed by atoms with Gasteiger partial charge in [0.1, 0.15) is 0 Å². The van der Waals surface area contributed by atoms with Crippen LogP contribution in [-0.2, 0) is 16.0 Å². The monoisotopic (exact) mass is 412 g/mol. The van der Waals surface area contributed by atoms with E-state index in [-0.39, 0.29) is 0 Å². The molecule has 1 saturated carbocycles. The summed E-state index contributed by atoms with van der Waals surface area (Å²) >= 11 is 0. The molecule has 2 atom stereocenters. The van der Waals surface area contributed by atoms with Crippen LogP contribution in [0.25, 0.3) is 0 Å². The summed E-state index contributed by atoms with van der Waals surface area (Å²) in [6.45, 7) is 3.33. The van der Waals surface area contributed by atoms with Crippen LogP contribution in [0.1, 0.15) is 37.7 Å². The smallest absolute Gasteiger partial charge is 0.475 e. The standard InChI is InChI=1S/C19H26N2O.C2HF3O2/c22-19-9-8-17-18(21(19)14-16-6-7-16)11-13-20(17)12-10-15-4-2-1-3-5-15;3-2(4,5)1(6)7/h1-5,16-18H,6-14H2;(H,6,7)/t17-,18-;/m0./s1. The van der Waals surface area contributed by atoms with E-state index in [1.807, 2.05) is 0 Å². The van der Waals surface area contributed by atoms with E-state index in [1.54, 1.807) is 0 Å². The number of halogens is 3. The summed E-state index contributed by atoms with van der Waals surface area (Å²) in [6.07, 6.45) is 1.71. The summed E-state index contributed by atoms with van der Waals surface area (Å²) in [7, 11) is 0. The Hall–Kier alpha value is -2.09. The largest absolute Gasteiger partial charge is 0.490 e. The normalized spacial score (nSPS) is 24.7. The molecule has 2 heterocycles. The number of nitrogens with zero attached hydrogens (tertiary/aromatic N) is 2. The number of carbonyl (C=O) groups is 2. The van der Waals surface area contributed by atoms with Crippen molar-refractivity contribution < 1.29 is 27.9 Å². The minimum Gasteiger partial charge on any atom is -0.475 e. The van der Waals surface area contributed by atoms with Crippen LogP contribution in [0, 0.1) is 5.92 Å². The molecule has 1 aromatic rings. The number of benzene rings is 1. The molecule has 3 fully saturated rings. The van der Waals surface area contributed by atoms with Gasteiger partial charge in [0.25, 0.3) is 0 Å². The van der Waals surface area contributed by atoms with E-state index in [0.29, 0.717) is 18.0 Å². The lowest BCUT2D eigenvalue weighted by molar-refractivity contribution is -0.192. The van der Waals surface area contributed by atoms with Crippen molar-refractivity contribution in [3.8, 4) is 0 Å². The molecule has 0 spiro atoms. The average molecular weight is 412 g/mol. The molecule has 4 rings (SSSR count). The van der Waals surface area contributed by atoms with Crippen molar-refractivity contribution >= 4 is 11.9 Å². The zero-order valence-electron chi connectivity index (χ0n) is 16.3. The Balaban J connectivity index is 0.000000298. The minimum atomic E-state index is -5.08. The van der Waals surface area contributed by atoms with Gasteiger partial charge in [0.05, 0.1) is 0 Å². The molecule has 1 amide bonds. The molecule has 0 radical (unpaired) electrons. The summed E-state index contributed by atoms with van der Waals surface area (Å²) in [4.78, 5) is 26.1. The Morgan fingerprint density at radius 2 is 1.72 bits per heavy atom. The second kappa shape index (κ2) is 9.15. The van der Waals surface area contributed by atoms with Crippen LogP contribution < -0.4 is 0 Å². The maximum Gasteiger partial charge on any atom is 0.490 e. The number of carboxylic acid groups (broad SMARTS) is 1. The Morgan fingerprint density at radius 3 is 2.31 bits per heavy atom. The fraction of sp³-hybridized carbons (Fsp3) is 0.619. The van der Waals surface area contributed by atoms with Crippen LogP contribution >= 0.6 is 0 Å². The number of alkyl halides is 3. The van der Waals surface area contributed by atoms with Gasteiger partial charge in [-0.05, 0) is 43.6 Å². The lowest BCUT2D eigenvalue weighted by Crippen LogP contribution is -2.53. The number of hydrogen-bond acceptors (Lipinski definition) is 3. The zero-order chi connectivity index (χ0) is 21.0. The summed E-state index contributed by atoms with van der Waals surface area (Å²) in [5, 5.41) is 7.12. The lowest BCUT2D eigenvalue weighted by atomic mass is 9.95. The van der Waals surface area contributed by atoms with E-state index in [4.69, 9.17) is 9.90 Å². The number of fused-ring (bicyclic) bond motifs is 1. The van der Waals surface area contributed by atoms with Crippen LogP contribution in [-0.4, -0.2) is 64.7 Å². The first-order valence-electron chi connectivity index (χ1n) is 10.1. The molecule has 8 heteroatoms. The number of carbonyl (C=O) groups excluding carboxylic acids is 1. The van der Waals surface area contributed by atoms with Crippen molar-refractivity contribution in [3.05, 3.63) is 35.9 Å². The number of amides is 1. The highest BCUT2D eigenvalue weighted by molar-refractivity contribution is 5.77. The topological polar surface area (TPSA) is 60.9 Å².